The number of nitro benzene ring substituents is 1. The van der Waals surface area contributed by atoms with E-state index in [1.165, 1.54) is 30.3 Å². The minimum absolute atomic E-state index is 0.0215. The molecule has 0 atom stereocenters. The van der Waals surface area contributed by atoms with Crippen LogP contribution in [0.25, 0.3) is 17.0 Å². The summed E-state index contributed by atoms with van der Waals surface area (Å²) in [5.74, 6) is -0.536. The highest BCUT2D eigenvalue weighted by Crippen LogP contribution is 2.33. The molecule has 4 rings (SSSR count). The van der Waals surface area contributed by atoms with Crippen LogP contribution < -0.4 is 5.63 Å². The molecule has 1 saturated heterocycles. The van der Waals surface area contributed by atoms with Crippen molar-refractivity contribution in [1.82, 2.24) is 4.90 Å². The molecule has 0 radical (unpaired) electrons. The van der Waals surface area contributed by atoms with Crippen LogP contribution >= 0.6 is 11.8 Å². The predicted octanol–water partition coefficient (Wildman–Crippen LogP) is 3.94. The van der Waals surface area contributed by atoms with Crippen LogP contribution in [0.1, 0.15) is 11.1 Å². The number of non-ortho nitro benzene ring substituents is 1. The van der Waals surface area contributed by atoms with Crippen LogP contribution in [0.4, 0.5) is 10.5 Å². The number of rotatable bonds is 4. The molecule has 0 bridgehead atoms. The molecule has 3 aromatic rings. The first kappa shape index (κ1) is 18.6. The molecular formula is C20H12N2O6S. The number of fused-ring (bicyclic) bond motifs is 1. The monoisotopic (exact) mass is 408 g/mol. The van der Waals surface area contributed by atoms with Crippen LogP contribution in [0, 0.1) is 10.1 Å². The van der Waals surface area contributed by atoms with Gasteiger partial charge in [0.1, 0.15) is 5.58 Å². The number of amides is 2. The molecule has 0 N–H and O–H groups in total. The third-order valence-electron chi connectivity index (χ3n) is 4.32. The summed E-state index contributed by atoms with van der Waals surface area (Å²) >= 11 is 0.728. The van der Waals surface area contributed by atoms with Crippen molar-refractivity contribution in [2.24, 2.45) is 0 Å². The molecule has 1 aromatic heterocycles. The van der Waals surface area contributed by atoms with Crippen molar-refractivity contribution in [3.05, 3.63) is 91.2 Å². The minimum Gasteiger partial charge on any atom is -0.422 e. The number of nitro groups is 1. The molecule has 144 valence electrons. The second-order valence-corrected chi connectivity index (χ2v) is 7.21. The minimum atomic E-state index is -0.606. The molecule has 29 heavy (non-hydrogen) atoms. The molecule has 0 spiro atoms. The Morgan fingerprint density at radius 1 is 1.07 bits per heavy atom. The molecule has 2 aromatic carbocycles. The lowest BCUT2D eigenvalue weighted by Crippen LogP contribution is -2.27. The summed E-state index contributed by atoms with van der Waals surface area (Å²) in [6.45, 7) is -0.0215. The summed E-state index contributed by atoms with van der Waals surface area (Å²) in [7, 11) is 0. The average molecular weight is 408 g/mol. The molecular weight excluding hydrogens is 396 g/mol. The van der Waals surface area contributed by atoms with E-state index in [0.29, 0.717) is 16.5 Å². The zero-order chi connectivity index (χ0) is 20.5. The second-order valence-electron chi connectivity index (χ2n) is 6.22. The fraction of sp³-hybridized carbons (Fsp3) is 0.0500. The number of imide groups is 1. The first-order valence-corrected chi connectivity index (χ1v) is 9.25. The van der Waals surface area contributed by atoms with Gasteiger partial charge < -0.3 is 4.42 Å². The lowest BCUT2D eigenvalue weighted by molar-refractivity contribution is -0.384. The van der Waals surface area contributed by atoms with Crippen molar-refractivity contribution in [3.63, 3.8) is 0 Å². The van der Waals surface area contributed by atoms with Crippen molar-refractivity contribution >= 4 is 45.6 Å². The van der Waals surface area contributed by atoms with Crippen molar-refractivity contribution < 1.29 is 18.9 Å². The van der Waals surface area contributed by atoms with Gasteiger partial charge in [-0.15, -0.1) is 0 Å². The predicted molar refractivity (Wildman–Crippen MR) is 107 cm³/mol. The standard InChI is InChI=1S/C20H12N2O6S/c23-18-17(10-14-9-13-3-1-2-4-16(13)28-19(14)24)29-20(25)21(18)11-12-5-7-15(8-6-12)22(26)27/h1-10H,11H2/b17-10+. The Morgan fingerprint density at radius 2 is 1.79 bits per heavy atom. The van der Waals surface area contributed by atoms with E-state index in [2.05, 4.69) is 0 Å². The Morgan fingerprint density at radius 3 is 2.52 bits per heavy atom. The number of hydrogen-bond acceptors (Lipinski definition) is 7. The fourth-order valence-corrected chi connectivity index (χ4v) is 3.69. The van der Waals surface area contributed by atoms with Crippen LogP contribution in [-0.2, 0) is 11.3 Å². The fourth-order valence-electron chi connectivity index (χ4n) is 2.86. The largest absolute Gasteiger partial charge is 0.422 e. The van der Waals surface area contributed by atoms with Gasteiger partial charge in [0.2, 0.25) is 0 Å². The molecule has 1 aliphatic heterocycles. The Balaban J connectivity index is 1.60. The van der Waals surface area contributed by atoms with Crippen LogP contribution in [0.15, 0.2) is 68.7 Å². The van der Waals surface area contributed by atoms with Gasteiger partial charge in [-0.2, -0.15) is 0 Å². The van der Waals surface area contributed by atoms with E-state index in [1.54, 1.807) is 30.3 Å². The third kappa shape index (κ3) is 3.67. The summed E-state index contributed by atoms with van der Waals surface area (Å²) in [5.41, 5.74) is 0.492. The molecule has 2 heterocycles. The highest BCUT2D eigenvalue weighted by molar-refractivity contribution is 8.18. The van der Waals surface area contributed by atoms with Gasteiger partial charge in [-0.05, 0) is 35.5 Å². The Bertz CT molecular complexity index is 1250. The quantitative estimate of drug-likeness (QED) is 0.278. The van der Waals surface area contributed by atoms with E-state index < -0.39 is 21.7 Å². The van der Waals surface area contributed by atoms with Crippen molar-refractivity contribution in [2.75, 3.05) is 0 Å². The maximum Gasteiger partial charge on any atom is 0.343 e. The van der Waals surface area contributed by atoms with Crippen LogP contribution in [-0.4, -0.2) is 21.0 Å². The van der Waals surface area contributed by atoms with E-state index in [9.17, 15) is 24.5 Å². The maximum absolute atomic E-state index is 12.6. The zero-order valence-corrected chi connectivity index (χ0v) is 15.5. The maximum atomic E-state index is 12.6. The Hall–Kier alpha value is -3.72. The molecule has 9 heteroatoms. The first-order valence-electron chi connectivity index (χ1n) is 8.44. The van der Waals surface area contributed by atoms with Gasteiger partial charge in [0.25, 0.3) is 16.8 Å². The van der Waals surface area contributed by atoms with Gasteiger partial charge in [0.15, 0.2) is 0 Å². The average Bonchev–Trinajstić information content (AvgIpc) is 2.96. The smallest absolute Gasteiger partial charge is 0.343 e. The van der Waals surface area contributed by atoms with Crippen LogP contribution in [0.2, 0.25) is 0 Å². The Labute approximate surface area is 167 Å². The van der Waals surface area contributed by atoms with Crippen LogP contribution in [0.3, 0.4) is 0 Å². The number of hydrogen-bond donors (Lipinski definition) is 0. The van der Waals surface area contributed by atoms with E-state index in [-0.39, 0.29) is 22.7 Å². The number of carbonyl (C=O) groups is 2. The summed E-state index contributed by atoms with van der Waals surface area (Å²) in [4.78, 5) is 48.5. The SMILES string of the molecule is O=C1S/C(=C/c2cc3ccccc3oc2=O)C(=O)N1Cc1ccc([N+](=O)[O-])cc1. The highest BCUT2D eigenvalue weighted by Gasteiger charge is 2.35. The number of benzene rings is 2. The number of thioether (sulfide) groups is 1. The molecule has 0 unspecified atom stereocenters. The molecule has 0 aliphatic carbocycles. The van der Waals surface area contributed by atoms with Crippen molar-refractivity contribution in [2.45, 2.75) is 6.54 Å². The lowest BCUT2D eigenvalue weighted by Gasteiger charge is -2.12. The Kier molecular flexibility index (Phi) is 4.73. The van der Waals surface area contributed by atoms with E-state index in [1.807, 2.05) is 0 Å². The highest BCUT2D eigenvalue weighted by atomic mass is 32.2. The molecule has 2 amide bonds. The van der Waals surface area contributed by atoms with Crippen LogP contribution in [0.5, 0.6) is 0 Å². The molecule has 0 saturated carbocycles. The number of para-hydroxylation sites is 1. The van der Waals surface area contributed by atoms with Crippen molar-refractivity contribution in [3.8, 4) is 0 Å². The van der Waals surface area contributed by atoms with Gasteiger partial charge in [-0.1, -0.05) is 30.3 Å². The first-order chi connectivity index (χ1) is 13.9. The zero-order valence-electron chi connectivity index (χ0n) is 14.7. The third-order valence-corrected chi connectivity index (χ3v) is 5.22. The second kappa shape index (κ2) is 7.36. The summed E-state index contributed by atoms with van der Waals surface area (Å²) < 4.78 is 5.24. The van der Waals surface area contributed by atoms with Gasteiger partial charge in [-0.25, -0.2) is 4.79 Å². The van der Waals surface area contributed by atoms with Gasteiger partial charge in [0, 0.05) is 17.5 Å². The summed E-state index contributed by atoms with van der Waals surface area (Å²) in [6.07, 6.45) is 1.35. The van der Waals surface area contributed by atoms with Gasteiger partial charge in [-0.3, -0.25) is 24.6 Å². The van der Waals surface area contributed by atoms with Gasteiger partial charge in [0.05, 0.1) is 21.9 Å². The molecule has 1 aliphatic rings. The summed E-state index contributed by atoms with van der Waals surface area (Å²) in [6, 6.07) is 14.2. The number of carbonyl (C=O) groups excluding carboxylic acids is 2. The molecule has 8 nitrogen and oxygen atoms in total. The molecule has 1 fully saturated rings. The van der Waals surface area contributed by atoms with E-state index in [4.69, 9.17) is 4.42 Å². The van der Waals surface area contributed by atoms with E-state index in [0.717, 1.165) is 16.7 Å². The normalized spacial score (nSPS) is 15.4. The van der Waals surface area contributed by atoms with E-state index >= 15 is 0 Å². The van der Waals surface area contributed by atoms with Gasteiger partial charge >= 0.3 is 5.63 Å². The topological polar surface area (TPSA) is 111 Å². The van der Waals surface area contributed by atoms with Crippen molar-refractivity contribution in [1.29, 1.82) is 0 Å². The lowest BCUT2D eigenvalue weighted by atomic mass is 10.1. The number of nitrogens with zero attached hydrogens (tertiary/aromatic N) is 2. The summed E-state index contributed by atoms with van der Waals surface area (Å²) in [5, 5.41) is 10.9.